The highest BCUT2D eigenvalue weighted by atomic mass is 32.1. The van der Waals surface area contributed by atoms with Gasteiger partial charge in [-0.1, -0.05) is 42.5 Å². The summed E-state index contributed by atoms with van der Waals surface area (Å²) in [5.74, 6) is 0.606. The van der Waals surface area contributed by atoms with Crippen LogP contribution in [0.15, 0.2) is 96.4 Å². The number of thiophene rings is 1. The third kappa shape index (κ3) is 4.33. The first-order chi connectivity index (χ1) is 17.1. The zero-order valence-electron chi connectivity index (χ0n) is 19.6. The number of para-hydroxylation sites is 2. The Bertz CT molecular complexity index is 1320. The summed E-state index contributed by atoms with van der Waals surface area (Å²) in [4.78, 5) is 31.8. The summed E-state index contributed by atoms with van der Waals surface area (Å²) in [6.45, 7) is 2.04. The maximum absolute atomic E-state index is 13.8. The smallest absolute Gasteiger partial charge is 0.268 e. The molecule has 2 atom stereocenters. The van der Waals surface area contributed by atoms with Crippen molar-refractivity contribution < 1.29 is 14.3 Å². The zero-order chi connectivity index (χ0) is 24.4. The molecule has 0 fully saturated rings. The predicted octanol–water partition coefficient (Wildman–Crippen LogP) is 6.58. The summed E-state index contributed by atoms with van der Waals surface area (Å²) in [6, 6.07) is 28.3. The first-order valence-corrected chi connectivity index (χ1v) is 12.4. The van der Waals surface area contributed by atoms with E-state index < -0.39 is 0 Å². The Morgan fingerprint density at radius 1 is 0.914 bits per heavy atom. The van der Waals surface area contributed by atoms with Crippen molar-refractivity contribution in [2.75, 3.05) is 16.9 Å². The number of anilines is 2. The van der Waals surface area contributed by atoms with Crippen LogP contribution in [0.5, 0.6) is 5.75 Å². The van der Waals surface area contributed by atoms with Gasteiger partial charge < -0.3 is 14.5 Å². The lowest BCUT2D eigenvalue weighted by molar-refractivity contribution is 0.0967. The Morgan fingerprint density at radius 3 is 2.31 bits per heavy atom. The van der Waals surface area contributed by atoms with Gasteiger partial charge in [0.1, 0.15) is 5.75 Å². The van der Waals surface area contributed by atoms with E-state index in [0.717, 1.165) is 16.9 Å². The molecule has 2 heterocycles. The second kappa shape index (κ2) is 9.76. The van der Waals surface area contributed by atoms with Crippen molar-refractivity contribution in [3.05, 3.63) is 112 Å². The van der Waals surface area contributed by atoms with Crippen molar-refractivity contribution >= 4 is 34.5 Å². The molecule has 6 heteroatoms. The van der Waals surface area contributed by atoms with Crippen LogP contribution in [0, 0.1) is 0 Å². The molecule has 35 heavy (non-hydrogen) atoms. The lowest BCUT2D eigenvalue weighted by Gasteiger charge is -2.43. The lowest BCUT2D eigenvalue weighted by atomic mass is 9.89. The minimum Gasteiger partial charge on any atom is -0.497 e. The highest BCUT2D eigenvalue weighted by Gasteiger charge is 2.39. The van der Waals surface area contributed by atoms with Gasteiger partial charge in [0.15, 0.2) is 0 Å². The van der Waals surface area contributed by atoms with Crippen LogP contribution in [0.25, 0.3) is 0 Å². The highest BCUT2D eigenvalue weighted by molar-refractivity contribution is 7.12. The molecule has 3 aromatic carbocycles. The molecule has 1 aliphatic heterocycles. The highest BCUT2D eigenvalue weighted by Crippen LogP contribution is 2.43. The van der Waals surface area contributed by atoms with Gasteiger partial charge in [-0.2, -0.15) is 0 Å². The van der Waals surface area contributed by atoms with Crippen molar-refractivity contribution in [1.29, 1.82) is 0 Å². The van der Waals surface area contributed by atoms with Gasteiger partial charge in [0.25, 0.3) is 11.8 Å². The van der Waals surface area contributed by atoms with Gasteiger partial charge in [-0.3, -0.25) is 9.59 Å². The largest absolute Gasteiger partial charge is 0.497 e. The van der Waals surface area contributed by atoms with E-state index in [1.165, 1.54) is 11.3 Å². The SMILES string of the molecule is COc1ccc(C(=O)N2c3ccccc3[C@@H](N(C(=O)c3cccs3)c3ccccc3)C[C@@H]2C)cc1. The summed E-state index contributed by atoms with van der Waals surface area (Å²) >= 11 is 1.44. The predicted molar refractivity (Wildman–Crippen MR) is 141 cm³/mol. The fraction of sp³-hybridized carbons (Fsp3) is 0.172. The van der Waals surface area contributed by atoms with Crippen molar-refractivity contribution in [2.45, 2.75) is 25.4 Å². The second-order valence-electron chi connectivity index (χ2n) is 8.55. The van der Waals surface area contributed by atoms with Gasteiger partial charge >= 0.3 is 0 Å². The average molecular weight is 483 g/mol. The van der Waals surface area contributed by atoms with Crippen LogP contribution < -0.4 is 14.5 Å². The molecule has 0 spiro atoms. The number of benzene rings is 3. The molecular weight excluding hydrogens is 456 g/mol. The molecule has 5 rings (SSSR count). The first-order valence-electron chi connectivity index (χ1n) is 11.6. The van der Waals surface area contributed by atoms with E-state index in [-0.39, 0.29) is 23.9 Å². The van der Waals surface area contributed by atoms with Crippen molar-refractivity contribution in [3.8, 4) is 5.75 Å². The minimum absolute atomic E-state index is 0.0341. The second-order valence-corrected chi connectivity index (χ2v) is 9.50. The average Bonchev–Trinajstić information content (AvgIpc) is 3.44. The maximum atomic E-state index is 13.8. The quantitative estimate of drug-likeness (QED) is 0.323. The molecule has 0 unspecified atom stereocenters. The van der Waals surface area contributed by atoms with E-state index >= 15 is 0 Å². The number of carbonyl (C=O) groups excluding carboxylic acids is 2. The van der Waals surface area contributed by atoms with Crippen LogP contribution in [-0.2, 0) is 0 Å². The van der Waals surface area contributed by atoms with Gasteiger partial charge in [0, 0.05) is 23.0 Å². The van der Waals surface area contributed by atoms with Crippen molar-refractivity contribution in [2.24, 2.45) is 0 Å². The molecule has 0 saturated carbocycles. The fourth-order valence-electron chi connectivity index (χ4n) is 4.75. The fourth-order valence-corrected chi connectivity index (χ4v) is 5.41. The summed E-state index contributed by atoms with van der Waals surface area (Å²) in [5.41, 5.74) is 3.23. The Kier molecular flexibility index (Phi) is 6.38. The molecule has 1 aromatic heterocycles. The summed E-state index contributed by atoms with van der Waals surface area (Å²) in [7, 11) is 1.61. The van der Waals surface area contributed by atoms with Crippen molar-refractivity contribution in [1.82, 2.24) is 0 Å². The van der Waals surface area contributed by atoms with E-state index in [4.69, 9.17) is 4.74 Å². The molecule has 0 saturated heterocycles. The van der Waals surface area contributed by atoms with Crippen molar-refractivity contribution in [3.63, 3.8) is 0 Å². The number of hydrogen-bond donors (Lipinski definition) is 0. The summed E-state index contributed by atoms with van der Waals surface area (Å²) in [5, 5.41) is 1.92. The number of methoxy groups -OCH3 is 1. The molecule has 176 valence electrons. The van der Waals surface area contributed by atoms with Gasteiger partial charge in [-0.15, -0.1) is 11.3 Å². The van der Waals surface area contributed by atoms with Crippen LogP contribution >= 0.6 is 11.3 Å². The lowest BCUT2D eigenvalue weighted by Crippen LogP contribution is -2.47. The van der Waals surface area contributed by atoms with E-state index in [1.807, 2.05) is 88.8 Å². The number of ether oxygens (including phenoxy) is 1. The third-order valence-electron chi connectivity index (χ3n) is 6.41. The van der Waals surface area contributed by atoms with Gasteiger partial charge in [-0.25, -0.2) is 0 Å². The molecule has 0 bridgehead atoms. The van der Waals surface area contributed by atoms with E-state index in [1.54, 1.807) is 31.4 Å². The normalized spacial score (nSPS) is 16.9. The van der Waals surface area contributed by atoms with Crippen LogP contribution in [0.3, 0.4) is 0 Å². The minimum atomic E-state index is -0.210. The van der Waals surface area contributed by atoms with Crippen LogP contribution in [-0.4, -0.2) is 25.0 Å². The molecule has 0 N–H and O–H groups in total. The standard InChI is InChI=1S/C29H26N2O3S/c1-20-19-26(31(22-9-4-3-5-10-22)29(33)27-13-8-18-35-27)24-11-6-7-12-25(24)30(20)28(32)21-14-16-23(34-2)17-15-21/h3-18,20,26H,19H2,1-2H3/t20-,26-/m0/s1. The number of amides is 2. The Hall–Kier alpha value is -3.90. The molecule has 4 aromatic rings. The van der Waals surface area contributed by atoms with Crippen LogP contribution in [0.2, 0.25) is 0 Å². The van der Waals surface area contributed by atoms with Gasteiger partial charge in [0.2, 0.25) is 0 Å². The molecule has 1 aliphatic rings. The Labute approximate surface area is 209 Å². The maximum Gasteiger partial charge on any atom is 0.268 e. The number of fused-ring (bicyclic) bond motifs is 1. The van der Waals surface area contributed by atoms with E-state index in [2.05, 4.69) is 0 Å². The molecule has 5 nitrogen and oxygen atoms in total. The number of carbonyl (C=O) groups is 2. The first kappa shape index (κ1) is 22.9. The number of rotatable bonds is 5. The number of hydrogen-bond acceptors (Lipinski definition) is 4. The summed E-state index contributed by atoms with van der Waals surface area (Å²) < 4.78 is 5.25. The van der Waals surface area contributed by atoms with Crippen LogP contribution in [0.4, 0.5) is 11.4 Å². The Balaban J connectivity index is 1.58. The molecule has 0 aliphatic carbocycles. The zero-order valence-corrected chi connectivity index (χ0v) is 20.4. The van der Waals surface area contributed by atoms with E-state index in [0.29, 0.717) is 22.6 Å². The molecule has 2 amide bonds. The Morgan fingerprint density at radius 2 is 1.63 bits per heavy atom. The van der Waals surface area contributed by atoms with Gasteiger partial charge in [-0.05, 0) is 72.8 Å². The summed E-state index contributed by atoms with van der Waals surface area (Å²) in [6.07, 6.45) is 0.616. The molecular formula is C29H26N2O3S. The van der Waals surface area contributed by atoms with Crippen LogP contribution in [0.1, 0.15) is 45.0 Å². The number of nitrogens with zero attached hydrogens (tertiary/aromatic N) is 2. The molecule has 0 radical (unpaired) electrons. The third-order valence-corrected chi connectivity index (χ3v) is 7.27. The van der Waals surface area contributed by atoms with Gasteiger partial charge in [0.05, 0.1) is 18.0 Å². The monoisotopic (exact) mass is 482 g/mol. The topological polar surface area (TPSA) is 49.9 Å². The van der Waals surface area contributed by atoms with E-state index in [9.17, 15) is 9.59 Å².